The van der Waals surface area contributed by atoms with Crippen LogP contribution in [-0.2, 0) is 27.3 Å². The Morgan fingerprint density at radius 1 is 1.11 bits per heavy atom. The van der Waals surface area contributed by atoms with E-state index in [1.54, 1.807) is 31.1 Å². The molecule has 0 unspecified atom stereocenters. The van der Waals surface area contributed by atoms with Gasteiger partial charge in [0, 0.05) is 18.5 Å². The fraction of sp³-hybridized carbons (Fsp3) is 0.438. The Hall–Kier alpha value is -4.09. The maximum atomic E-state index is 13.5. The molecule has 0 aliphatic carbocycles. The third-order valence-electron chi connectivity index (χ3n) is 7.75. The molecule has 0 radical (unpaired) electrons. The summed E-state index contributed by atoms with van der Waals surface area (Å²) in [4.78, 5) is 46.6. The number of halogens is 1. The highest BCUT2D eigenvalue weighted by Gasteiger charge is 2.29. The lowest BCUT2D eigenvalue weighted by molar-refractivity contribution is -0.139. The van der Waals surface area contributed by atoms with Crippen molar-refractivity contribution in [3.63, 3.8) is 0 Å². The number of methoxy groups -OCH3 is 1. The van der Waals surface area contributed by atoms with Gasteiger partial charge in [-0.1, -0.05) is 36.8 Å². The molecule has 5 rings (SSSR count). The standard InChI is InChI=1S/C32H39N5O6.ClH/c1-21-26-19-34-30(39)25(17-22-9-4-3-5-10-22)35-29(38)20-37(32(40)24-11-6-7-14-33-24)15-8-16-42-28-18-23(31(36-26)43-21)12-13-27(28)41-2;/h3-5,9-10,12-13,18,24-25,33H,6-8,11,14-17,19-20H2,1-2H3,(H,34,39)(H,35,38);1H/t24-,25+;/m0./s1. The molecule has 2 aliphatic heterocycles. The van der Waals surface area contributed by atoms with Gasteiger partial charge in [-0.15, -0.1) is 12.4 Å². The Kier molecular flexibility index (Phi) is 11.6. The Morgan fingerprint density at radius 3 is 2.68 bits per heavy atom. The number of ether oxygens (including phenoxy) is 2. The highest BCUT2D eigenvalue weighted by molar-refractivity contribution is 5.91. The van der Waals surface area contributed by atoms with Crippen LogP contribution in [0.15, 0.2) is 52.9 Å². The predicted octanol–water partition coefficient (Wildman–Crippen LogP) is 3.18. The Bertz CT molecular complexity index is 1430. The molecule has 3 N–H and O–H groups in total. The van der Waals surface area contributed by atoms with E-state index in [1.165, 1.54) is 0 Å². The SMILES string of the molecule is COc1ccc2cc1OCCCN(C(=O)[C@@H]1CCCCN1)CC(=O)N[C@H](Cc1ccccc1)C(=O)NCc1nc-2oc1C.Cl. The van der Waals surface area contributed by atoms with Crippen molar-refractivity contribution in [3.05, 3.63) is 65.5 Å². The molecule has 1 aromatic heterocycles. The number of rotatable bonds is 4. The smallest absolute Gasteiger partial charge is 0.243 e. The molecular weight excluding hydrogens is 586 g/mol. The normalized spacial score (nSPS) is 19.7. The molecule has 1 saturated heterocycles. The molecule has 4 bridgehead atoms. The molecule has 236 valence electrons. The van der Waals surface area contributed by atoms with Gasteiger partial charge in [-0.25, -0.2) is 4.98 Å². The molecule has 2 aliphatic rings. The number of nitrogens with zero attached hydrogens (tertiary/aromatic N) is 2. The highest BCUT2D eigenvalue weighted by Crippen LogP contribution is 2.33. The first-order valence-electron chi connectivity index (χ1n) is 14.8. The summed E-state index contributed by atoms with van der Waals surface area (Å²) in [5.41, 5.74) is 2.17. The maximum absolute atomic E-state index is 13.5. The van der Waals surface area contributed by atoms with Crippen LogP contribution in [0.2, 0.25) is 0 Å². The number of hydrogen-bond acceptors (Lipinski definition) is 8. The number of hydrogen-bond donors (Lipinski definition) is 3. The zero-order chi connectivity index (χ0) is 30.2. The molecule has 1 fully saturated rings. The van der Waals surface area contributed by atoms with Crippen LogP contribution < -0.4 is 25.4 Å². The molecule has 3 amide bonds. The number of fused-ring (bicyclic) bond motifs is 5. The number of nitrogens with one attached hydrogen (secondary N) is 3. The van der Waals surface area contributed by atoms with Gasteiger partial charge < -0.3 is 34.7 Å². The van der Waals surface area contributed by atoms with Crippen LogP contribution >= 0.6 is 12.4 Å². The van der Waals surface area contributed by atoms with E-state index >= 15 is 0 Å². The molecule has 44 heavy (non-hydrogen) atoms. The van der Waals surface area contributed by atoms with Crippen molar-refractivity contribution in [3.8, 4) is 23.0 Å². The maximum Gasteiger partial charge on any atom is 0.243 e. The van der Waals surface area contributed by atoms with Crippen LogP contribution in [0.25, 0.3) is 11.5 Å². The van der Waals surface area contributed by atoms with E-state index in [2.05, 4.69) is 20.9 Å². The monoisotopic (exact) mass is 625 g/mol. The number of aromatic nitrogens is 1. The largest absolute Gasteiger partial charge is 0.493 e. The van der Waals surface area contributed by atoms with Crippen molar-refractivity contribution in [2.75, 3.05) is 33.4 Å². The summed E-state index contributed by atoms with van der Waals surface area (Å²) < 4.78 is 17.5. The molecule has 12 heteroatoms. The summed E-state index contributed by atoms with van der Waals surface area (Å²) in [5, 5.41) is 9.09. The molecule has 2 atom stereocenters. The van der Waals surface area contributed by atoms with Crippen LogP contribution in [0.5, 0.6) is 11.5 Å². The van der Waals surface area contributed by atoms with Crippen LogP contribution in [0.4, 0.5) is 0 Å². The molecule has 3 heterocycles. The van der Waals surface area contributed by atoms with Crippen LogP contribution in [0.1, 0.15) is 42.7 Å². The molecule has 11 nitrogen and oxygen atoms in total. The van der Waals surface area contributed by atoms with E-state index in [0.29, 0.717) is 53.8 Å². The lowest BCUT2D eigenvalue weighted by atomic mass is 10.0. The van der Waals surface area contributed by atoms with Crippen molar-refractivity contribution in [1.29, 1.82) is 0 Å². The van der Waals surface area contributed by atoms with E-state index in [9.17, 15) is 14.4 Å². The van der Waals surface area contributed by atoms with Gasteiger partial charge in [0.15, 0.2) is 11.5 Å². The fourth-order valence-corrected chi connectivity index (χ4v) is 5.39. The number of aryl methyl sites for hydroxylation is 1. The highest BCUT2D eigenvalue weighted by atomic mass is 35.5. The summed E-state index contributed by atoms with van der Waals surface area (Å²) in [7, 11) is 1.57. The lowest BCUT2D eigenvalue weighted by Gasteiger charge is -2.30. The van der Waals surface area contributed by atoms with Crippen molar-refractivity contribution >= 4 is 30.1 Å². The summed E-state index contributed by atoms with van der Waals surface area (Å²) in [6, 6.07) is 13.7. The quantitative estimate of drug-likeness (QED) is 0.402. The molecule has 2 aromatic carbocycles. The number of benzene rings is 2. The topological polar surface area (TPSA) is 135 Å². The van der Waals surface area contributed by atoms with Gasteiger partial charge in [0.25, 0.3) is 0 Å². The van der Waals surface area contributed by atoms with Gasteiger partial charge in [0.1, 0.15) is 17.5 Å². The van der Waals surface area contributed by atoms with Gasteiger partial charge in [0.2, 0.25) is 23.6 Å². The predicted molar refractivity (Wildman–Crippen MR) is 167 cm³/mol. The third-order valence-corrected chi connectivity index (χ3v) is 7.75. The zero-order valence-corrected chi connectivity index (χ0v) is 25.9. The van der Waals surface area contributed by atoms with Crippen LogP contribution in [0, 0.1) is 6.92 Å². The molecular formula is C32H40ClN5O6. The Morgan fingerprint density at radius 2 is 1.93 bits per heavy atom. The van der Waals surface area contributed by atoms with Crippen molar-refractivity contribution in [1.82, 2.24) is 25.8 Å². The second-order valence-corrected chi connectivity index (χ2v) is 10.9. The first-order chi connectivity index (χ1) is 20.9. The second-order valence-electron chi connectivity index (χ2n) is 10.9. The number of carbonyl (C=O) groups is 3. The molecule has 0 saturated carbocycles. The summed E-state index contributed by atoms with van der Waals surface area (Å²) in [6.07, 6.45) is 3.46. The minimum absolute atomic E-state index is 0. The van der Waals surface area contributed by atoms with Gasteiger partial charge in [-0.2, -0.15) is 0 Å². The van der Waals surface area contributed by atoms with E-state index < -0.39 is 11.9 Å². The molecule has 3 aromatic rings. The van der Waals surface area contributed by atoms with E-state index in [1.807, 2.05) is 36.4 Å². The van der Waals surface area contributed by atoms with E-state index in [-0.39, 0.29) is 50.0 Å². The van der Waals surface area contributed by atoms with Crippen LogP contribution in [-0.4, -0.2) is 73.0 Å². The Balaban J connectivity index is 0.00000442. The fourth-order valence-electron chi connectivity index (χ4n) is 5.39. The van der Waals surface area contributed by atoms with Crippen LogP contribution in [0.3, 0.4) is 0 Å². The first-order valence-corrected chi connectivity index (χ1v) is 14.8. The van der Waals surface area contributed by atoms with Gasteiger partial charge >= 0.3 is 0 Å². The lowest BCUT2D eigenvalue weighted by Crippen LogP contribution is -2.54. The van der Waals surface area contributed by atoms with Crippen molar-refractivity contribution < 1.29 is 28.3 Å². The Labute approximate surface area is 263 Å². The average Bonchev–Trinajstić information content (AvgIpc) is 3.41. The van der Waals surface area contributed by atoms with Crippen molar-refractivity contribution in [2.45, 2.75) is 57.7 Å². The van der Waals surface area contributed by atoms with Gasteiger partial charge in [-0.05, 0) is 56.5 Å². The molecule has 0 spiro atoms. The van der Waals surface area contributed by atoms with E-state index in [4.69, 9.17) is 13.9 Å². The number of carbonyl (C=O) groups excluding carboxylic acids is 3. The zero-order valence-electron chi connectivity index (χ0n) is 25.1. The van der Waals surface area contributed by atoms with Gasteiger partial charge in [0.05, 0.1) is 32.8 Å². The van der Waals surface area contributed by atoms with Gasteiger partial charge in [-0.3, -0.25) is 14.4 Å². The first kappa shape index (κ1) is 32.8. The minimum Gasteiger partial charge on any atom is -0.493 e. The third kappa shape index (κ3) is 8.29. The number of oxazole rings is 1. The summed E-state index contributed by atoms with van der Waals surface area (Å²) >= 11 is 0. The summed E-state index contributed by atoms with van der Waals surface area (Å²) in [6.45, 7) is 3.10. The number of piperidine rings is 1. The minimum atomic E-state index is -0.849. The summed E-state index contributed by atoms with van der Waals surface area (Å²) in [5.74, 6) is 1.15. The second kappa shape index (κ2) is 15.6. The average molecular weight is 626 g/mol. The van der Waals surface area contributed by atoms with Crippen molar-refractivity contribution in [2.24, 2.45) is 0 Å². The number of amides is 3. The van der Waals surface area contributed by atoms with E-state index in [0.717, 1.165) is 31.4 Å².